The average Bonchev–Trinajstić information content (AvgIpc) is 2.64. The van der Waals surface area contributed by atoms with E-state index in [1.54, 1.807) is 12.0 Å². The number of ether oxygens (including phenoxy) is 2. The summed E-state index contributed by atoms with van der Waals surface area (Å²) < 4.78 is 10.6. The quantitative estimate of drug-likeness (QED) is 0.289. The first-order chi connectivity index (χ1) is 12.8. The third-order valence-corrected chi connectivity index (χ3v) is 4.31. The van der Waals surface area contributed by atoms with Gasteiger partial charge in [-0.1, -0.05) is 12.1 Å². The zero-order valence-electron chi connectivity index (χ0n) is 17.3. The Hall–Kier alpha value is -1.71. The van der Waals surface area contributed by atoms with Crippen LogP contribution in [0, 0.1) is 0 Å². The molecule has 0 bridgehead atoms. The molecule has 1 aromatic rings. The van der Waals surface area contributed by atoms with Gasteiger partial charge in [-0.05, 0) is 51.3 Å². The van der Waals surface area contributed by atoms with Gasteiger partial charge in [-0.3, -0.25) is 4.99 Å². The van der Waals surface area contributed by atoms with Gasteiger partial charge in [0.25, 0.3) is 0 Å². The van der Waals surface area contributed by atoms with Gasteiger partial charge in [-0.2, -0.15) is 0 Å². The monoisotopic (exact) mass is 504 g/mol. The van der Waals surface area contributed by atoms with E-state index < -0.39 is 5.60 Å². The smallest absolute Gasteiger partial charge is 0.410 e. The van der Waals surface area contributed by atoms with Crippen LogP contribution in [0.2, 0.25) is 0 Å². The Morgan fingerprint density at radius 3 is 2.21 bits per heavy atom. The molecule has 1 saturated heterocycles. The van der Waals surface area contributed by atoms with Gasteiger partial charge in [-0.25, -0.2) is 4.79 Å². The predicted octanol–water partition coefficient (Wildman–Crippen LogP) is 3.11. The number of nitrogens with two attached hydrogens (primary N) is 1. The lowest BCUT2D eigenvalue weighted by atomic mass is 10.1. The molecule has 0 atom stereocenters. The number of aliphatic imine (C=N–C) groups is 1. The molecule has 1 aromatic carbocycles. The highest BCUT2D eigenvalue weighted by Gasteiger charge is 2.26. The number of guanidine groups is 1. The Kier molecular flexibility index (Phi) is 9.84. The number of piperazine rings is 1. The first kappa shape index (κ1) is 24.3. The number of rotatable bonds is 5. The summed E-state index contributed by atoms with van der Waals surface area (Å²) in [6.07, 6.45) is 1.62. The van der Waals surface area contributed by atoms with Crippen LogP contribution in [0.15, 0.2) is 29.3 Å². The highest BCUT2D eigenvalue weighted by Crippen LogP contribution is 2.13. The number of aryl methyl sites for hydroxylation is 1. The molecule has 0 unspecified atom stereocenters. The first-order valence-corrected chi connectivity index (χ1v) is 9.44. The van der Waals surface area contributed by atoms with E-state index in [0.29, 0.717) is 38.7 Å². The van der Waals surface area contributed by atoms with Gasteiger partial charge in [0.2, 0.25) is 0 Å². The maximum Gasteiger partial charge on any atom is 0.410 e. The van der Waals surface area contributed by atoms with Gasteiger partial charge >= 0.3 is 6.09 Å². The molecular formula is C20H33IN4O3. The summed E-state index contributed by atoms with van der Waals surface area (Å²) >= 11 is 0. The molecule has 0 aromatic heterocycles. The van der Waals surface area contributed by atoms with E-state index >= 15 is 0 Å². The molecule has 0 aliphatic carbocycles. The zero-order valence-corrected chi connectivity index (χ0v) is 19.6. The molecule has 1 aliphatic rings. The minimum absolute atomic E-state index is 0. The molecule has 7 nitrogen and oxygen atoms in total. The molecule has 1 amide bonds. The minimum atomic E-state index is -0.474. The first-order valence-electron chi connectivity index (χ1n) is 9.44. The van der Waals surface area contributed by atoms with Crippen molar-refractivity contribution in [2.45, 2.75) is 39.2 Å². The van der Waals surface area contributed by atoms with Crippen LogP contribution < -0.4 is 10.5 Å². The van der Waals surface area contributed by atoms with E-state index in [4.69, 9.17) is 15.2 Å². The van der Waals surface area contributed by atoms with Gasteiger partial charge in [0.05, 0.1) is 7.11 Å². The lowest BCUT2D eigenvalue weighted by Gasteiger charge is -2.36. The highest BCUT2D eigenvalue weighted by atomic mass is 127. The fourth-order valence-electron chi connectivity index (χ4n) is 2.81. The van der Waals surface area contributed by atoms with Gasteiger partial charge in [-0.15, -0.1) is 24.0 Å². The van der Waals surface area contributed by atoms with Crippen molar-refractivity contribution in [3.63, 3.8) is 0 Å². The molecule has 158 valence electrons. The summed E-state index contributed by atoms with van der Waals surface area (Å²) in [7, 11) is 1.67. The summed E-state index contributed by atoms with van der Waals surface area (Å²) in [5, 5.41) is 0. The second-order valence-corrected chi connectivity index (χ2v) is 7.65. The van der Waals surface area contributed by atoms with Crippen molar-refractivity contribution in [1.82, 2.24) is 9.80 Å². The van der Waals surface area contributed by atoms with E-state index in [9.17, 15) is 4.79 Å². The Morgan fingerprint density at radius 1 is 1.11 bits per heavy atom. The molecule has 1 aliphatic heterocycles. The van der Waals surface area contributed by atoms with Crippen LogP contribution in [0.3, 0.4) is 0 Å². The molecule has 0 spiro atoms. The molecule has 8 heteroatoms. The molecular weight excluding hydrogens is 471 g/mol. The fourth-order valence-corrected chi connectivity index (χ4v) is 2.81. The number of benzene rings is 1. The molecule has 2 N–H and O–H groups in total. The van der Waals surface area contributed by atoms with Crippen LogP contribution in [0.25, 0.3) is 0 Å². The van der Waals surface area contributed by atoms with Crippen molar-refractivity contribution in [3.05, 3.63) is 29.8 Å². The summed E-state index contributed by atoms with van der Waals surface area (Å²) in [6.45, 7) is 8.84. The maximum absolute atomic E-state index is 12.1. The number of hydrogen-bond acceptors (Lipinski definition) is 4. The van der Waals surface area contributed by atoms with Gasteiger partial charge < -0.3 is 25.0 Å². The summed E-state index contributed by atoms with van der Waals surface area (Å²) in [4.78, 5) is 20.3. The van der Waals surface area contributed by atoms with Gasteiger partial charge in [0, 0.05) is 32.7 Å². The number of methoxy groups -OCH3 is 1. The highest BCUT2D eigenvalue weighted by molar-refractivity contribution is 14.0. The van der Waals surface area contributed by atoms with E-state index in [1.807, 2.05) is 37.8 Å². The SMILES string of the molecule is COc1ccc(CCCN=C(N)N2CCN(C(=O)OC(C)(C)C)CC2)cc1.I. The van der Waals surface area contributed by atoms with Crippen molar-refractivity contribution >= 4 is 36.0 Å². The van der Waals surface area contributed by atoms with E-state index in [0.717, 1.165) is 18.6 Å². The predicted molar refractivity (Wildman–Crippen MR) is 123 cm³/mol. The maximum atomic E-state index is 12.1. The van der Waals surface area contributed by atoms with E-state index in [2.05, 4.69) is 17.1 Å². The lowest BCUT2D eigenvalue weighted by molar-refractivity contribution is 0.0186. The second kappa shape index (κ2) is 11.3. The van der Waals surface area contributed by atoms with E-state index in [1.165, 1.54) is 5.56 Å². The number of amides is 1. The molecule has 0 saturated carbocycles. The largest absolute Gasteiger partial charge is 0.497 e. The van der Waals surface area contributed by atoms with Crippen molar-refractivity contribution in [1.29, 1.82) is 0 Å². The Morgan fingerprint density at radius 2 is 1.68 bits per heavy atom. The van der Waals surface area contributed by atoms with Crippen LogP contribution in [-0.2, 0) is 11.2 Å². The van der Waals surface area contributed by atoms with Crippen LogP contribution in [0.5, 0.6) is 5.75 Å². The third kappa shape index (κ3) is 8.12. The number of nitrogens with zero attached hydrogens (tertiary/aromatic N) is 3. The zero-order chi connectivity index (χ0) is 19.9. The molecule has 0 radical (unpaired) electrons. The van der Waals surface area contributed by atoms with Crippen LogP contribution in [0.1, 0.15) is 32.8 Å². The molecule has 28 heavy (non-hydrogen) atoms. The minimum Gasteiger partial charge on any atom is -0.497 e. The van der Waals surface area contributed by atoms with Crippen molar-refractivity contribution < 1.29 is 14.3 Å². The lowest BCUT2D eigenvalue weighted by Crippen LogP contribution is -2.53. The van der Waals surface area contributed by atoms with Crippen LogP contribution in [0.4, 0.5) is 4.79 Å². The standard InChI is InChI=1S/C20H32N4O3.HI/c1-20(2,3)27-19(25)24-14-12-23(13-15-24)18(21)22-11-5-6-16-7-9-17(26-4)10-8-16;/h7-10H,5-6,11-15H2,1-4H3,(H2,21,22);1H. The summed E-state index contributed by atoms with van der Waals surface area (Å²) in [5.41, 5.74) is 6.90. The van der Waals surface area contributed by atoms with Gasteiger partial charge in [0.15, 0.2) is 5.96 Å². The molecule has 1 fully saturated rings. The van der Waals surface area contributed by atoms with Crippen LogP contribution >= 0.6 is 24.0 Å². The third-order valence-electron chi connectivity index (χ3n) is 4.31. The second-order valence-electron chi connectivity index (χ2n) is 7.65. The number of carbonyl (C=O) groups excluding carboxylic acids is 1. The van der Waals surface area contributed by atoms with Gasteiger partial charge in [0.1, 0.15) is 11.4 Å². The van der Waals surface area contributed by atoms with Crippen molar-refractivity contribution in [3.8, 4) is 5.75 Å². The summed E-state index contributed by atoms with van der Waals surface area (Å²) in [6, 6.07) is 8.08. The normalized spacial score (nSPS) is 15.1. The number of halogens is 1. The Balaban J connectivity index is 0.00000392. The number of carbonyl (C=O) groups is 1. The Bertz CT molecular complexity index is 636. The molecule has 1 heterocycles. The fraction of sp³-hybridized carbons (Fsp3) is 0.600. The van der Waals surface area contributed by atoms with E-state index in [-0.39, 0.29) is 30.1 Å². The topological polar surface area (TPSA) is 80.4 Å². The van der Waals surface area contributed by atoms with Crippen molar-refractivity contribution in [2.24, 2.45) is 10.7 Å². The average molecular weight is 504 g/mol. The molecule has 2 rings (SSSR count). The summed E-state index contributed by atoms with van der Waals surface area (Å²) in [5.74, 6) is 1.42. The number of hydrogen-bond donors (Lipinski definition) is 1. The van der Waals surface area contributed by atoms with Crippen molar-refractivity contribution in [2.75, 3.05) is 39.8 Å². The Labute approximate surface area is 185 Å². The van der Waals surface area contributed by atoms with Crippen LogP contribution in [-0.4, -0.2) is 67.3 Å².